The first-order chi connectivity index (χ1) is 14.5. The lowest BCUT2D eigenvalue weighted by atomic mass is 10.1. The quantitative estimate of drug-likeness (QED) is 0.569. The molecule has 31 heavy (non-hydrogen) atoms. The van der Waals surface area contributed by atoms with E-state index < -0.39 is 45.6 Å². The molecule has 1 heterocycles. The average molecular weight is 448 g/mol. The molecule has 1 unspecified atom stereocenters. The largest absolute Gasteiger partial charge is 0.479 e. The molecule has 0 saturated carbocycles. The van der Waals surface area contributed by atoms with E-state index in [0.717, 1.165) is 4.90 Å². The third kappa shape index (κ3) is 4.84. The zero-order valence-electron chi connectivity index (χ0n) is 16.5. The van der Waals surface area contributed by atoms with Gasteiger partial charge < -0.3 is 19.8 Å². The van der Waals surface area contributed by atoms with Gasteiger partial charge in [0.1, 0.15) is 18.0 Å². The second kappa shape index (κ2) is 8.36. The van der Waals surface area contributed by atoms with Crippen molar-refractivity contribution in [2.75, 3.05) is 25.9 Å². The standard InChI is InChI=1S/C20H20N2O8S/c1-21-11-17(23)22(19(21)26)12-20(27,18(24)25)13-31(28,29)16-9-7-15(8-10-16)30-14-5-3-2-4-6-14/h2-10,27H,11-13H2,1H3,(H,24,25). The van der Waals surface area contributed by atoms with Crippen LogP contribution in [0.4, 0.5) is 4.79 Å². The van der Waals surface area contributed by atoms with Gasteiger partial charge in [-0.05, 0) is 36.4 Å². The summed E-state index contributed by atoms with van der Waals surface area (Å²) in [5.74, 6) is -2.92. The van der Waals surface area contributed by atoms with Crippen molar-refractivity contribution < 1.29 is 37.8 Å². The fourth-order valence-corrected chi connectivity index (χ4v) is 4.56. The van der Waals surface area contributed by atoms with Gasteiger partial charge >= 0.3 is 12.0 Å². The van der Waals surface area contributed by atoms with Crippen LogP contribution < -0.4 is 4.74 Å². The predicted octanol–water partition coefficient (Wildman–Crippen LogP) is 0.962. The van der Waals surface area contributed by atoms with Crippen LogP contribution in [0.1, 0.15) is 0 Å². The number of β-amino-alcohol motifs (C(OH)–C–C–N with tert-alkyl or cyclic N) is 1. The molecule has 1 aliphatic heterocycles. The molecule has 1 saturated heterocycles. The smallest absolute Gasteiger partial charge is 0.338 e. The molecule has 2 aromatic rings. The summed E-state index contributed by atoms with van der Waals surface area (Å²) >= 11 is 0. The second-order valence-corrected chi connectivity index (χ2v) is 9.09. The van der Waals surface area contributed by atoms with Crippen molar-refractivity contribution in [2.24, 2.45) is 0 Å². The van der Waals surface area contributed by atoms with Crippen molar-refractivity contribution in [3.05, 3.63) is 54.6 Å². The number of imide groups is 1. The number of carboxylic acids is 1. The summed E-state index contributed by atoms with van der Waals surface area (Å²) in [4.78, 5) is 36.9. The van der Waals surface area contributed by atoms with Crippen molar-refractivity contribution in [1.82, 2.24) is 9.80 Å². The van der Waals surface area contributed by atoms with E-state index in [1.165, 1.54) is 31.3 Å². The number of likely N-dealkylation sites (N-methyl/N-ethyl adjacent to an activating group) is 1. The molecule has 0 aromatic heterocycles. The minimum absolute atomic E-state index is 0.247. The molecule has 164 valence electrons. The SMILES string of the molecule is CN1CC(=O)N(CC(O)(CS(=O)(=O)c2ccc(Oc3ccccc3)cc2)C(=O)O)C1=O. The first kappa shape index (κ1) is 22.2. The van der Waals surface area contributed by atoms with E-state index >= 15 is 0 Å². The van der Waals surface area contributed by atoms with Crippen molar-refractivity contribution in [3.8, 4) is 11.5 Å². The van der Waals surface area contributed by atoms with Gasteiger partial charge in [0.25, 0.3) is 0 Å². The highest BCUT2D eigenvalue weighted by molar-refractivity contribution is 7.91. The minimum atomic E-state index is -4.29. The Labute approximate surface area is 178 Å². The Morgan fingerprint density at radius 2 is 1.65 bits per heavy atom. The number of urea groups is 1. The van der Waals surface area contributed by atoms with Crippen LogP contribution in [-0.2, 0) is 19.4 Å². The van der Waals surface area contributed by atoms with E-state index in [0.29, 0.717) is 16.4 Å². The molecular formula is C20H20N2O8S. The van der Waals surface area contributed by atoms with Gasteiger partial charge in [0.15, 0.2) is 15.4 Å². The monoisotopic (exact) mass is 448 g/mol. The van der Waals surface area contributed by atoms with E-state index in [4.69, 9.17) is 4.74 Å². The third-order valence-electron chi connectivity index (χ3n) is 4.64. The average Bonchev–Trinajstić information content (AvgIpc) is 2.94. The number of amides is 3. The maximum absolute atomic E-state index is 12.8. The van der Waals surface area contributed by atoms with E-state index in [9.17, 15) is 33.0 Å². The lowest BCUT2D eigenvalue weighted by Crippen LogP contribution is -2.55. The molecule has 0 radical (unpaired) electrons. The van der Waals surface area contributed by atoms with Gasteiger partial charge in [0.2, 0.25) is 5.91 Å². The van der Waals surface area contributed by atoms with Crippen LogP contribution in [0, 0.1) is 0 Å². The predicted molar refractivity (Wildman–Crippen MR) is 107 cm³/mol. The number of nitrogens with zero attached hydrogens (tertiary/aromatic N) is 2. The summed E-state index contributed by atoms with van der Waals surface area (Å²) in [6.07, 6.45) is 0. The number of hydrogen-bond acceptors (Lipinski definition) is 7. The van der Waals surface area contributed by atoms with Gasteiger partial charge in [-0.1, -0.05) is 18.2 Å². The van der Waals surface area contributed by atoms with Crippen molar-refractivity contribution >= 4 is 27.7 Å². The Kier molecular flexibility index (Phi) is 6.00. The number of carbonyl (C=O) groups excluding carboxylic acids is 2. The first-order valence-electron chi connectivity index (χ1n) is 9.09. The number of aliphatic hydroxyl groups is 1. The summed E-state index contributed by atoms with van der Waals surface area (Å²) < 4.78 is 31.1. The van der Waals surface area contributed by atoms with Crippen LogP contribution in [0.5, 0.6) is 11.5 Å². The molecule has 0 spiro atoms. The molecule has 0 bridgehead atoms. The molecule has 10 nitrogen and oxygen atoms in total. The Bertz CT molecular complexity index is 1100. The lowest BCUT2D eigenvalue weighted by molar-refractivity contribution is -0.157. The van der Waals surface area contributed by atoms with Gasteiger partial charge in [0.05, 0.1) is 17.2 Å². The van der Waals surface area contributed by atoms with E-state index in [1.807, 2.05) is 6.07 Å². The molecule has 2 N–H and O–H groups in total. The van der Waals surface area contributed by atoms with Gasteiger partial charge in [-0.25, -0.2) is 18.0 Å². The highest BCUT2D eigenvalue weighted by atomic mass is 32.2. The van der Waals surface area contributed by atoms with E-state index in [-0.39, 0.29) is 11.4 Å². The summed E-state index contributed by atoms with van der Waals surface area (Å²) in [5, 5.41) is 20.0. The molecule has 3 amide bonds. The normalized spacial score (nSPS) is 16.3. The highest BCUT2D eigenvalue weighted by Gasteiger charge is 2.47. The number of ether oxygens (including phenoxy) is 1. The molecule has 2 aromatic carbocycles. The van der Waals surface area contributed by atoms with Crippen LogP contribution in [0.3, 0.4) is 0 Å². The molecule has 0 aliphatic carbocycles. The van der Waals surface area contributed by atoms with Crippen LogP contribution in [0.15, 0.2) is 59.5 Å². The zero-order chi connectivity index (χ0) is 22.8. The fourth-order valence-electron chi connectivity index (χ4n) is 3.00. The lowest BCUT2D eigenvalue weighted by Gasteiger charge is -2.27. The topological polar surface area (TPSA) is 142 Å². The third-order valence-corrected chi connectivity index (χ3v) is 6.49. The van der Waals surface area contributed by atoms with Crippen LogP contribution in [0.2, 0.25) is 0 Å². The van der Waals surface area contributed by atoms with E-state index in [2.05, 4.69) is 0 Å². The summed E-state index contributed by atoms with van der Waals surface area (Å²) in [6.45, 7) is -1.27. The van der Waals surface area contributed by atoms with Gasteiger partial charge in [-0.2, -0.15) is 0 Å². The van der Waals surface area contributed by atoms with Crippen molar-refractivity contribution in [3.63, 3.8) is 0 Å². The molecule has 1 fully saturated rings. The molecular weight excluding hydrogens is 428 g/mol. The van der Waals surface area contributed by atoms with Gasteiger partial charge in [0, 0.05) is 7.05 Å². The number of aliphatic carboxylic acids is 1. The van der Waals surface area contributed by atoms with Crippen molar-refractivity contribution in [2.45, 2.75) is 10.5 Å². The summed E-state index contributed by atoms with van der Waals surface area (Å²) in [7, 11) is -2.96. The number of carbonyl (C=O) groups is 3. The van der Waals surface area contributed by atoms with Gasteiger partial charge in [-0.3, -0.25) is 9.69 Å². The Hall–Kier alpha value is -3.44. The Morgan fingerprint density at radius 3 is 2.16 bits per heavy atom. The van der Waals surface area contributed by atoms with Crippen molar-refractivity contribution in [1.29, 1.82) is 0 Å². The maximum atomic E-state index is 12.8. The molecule has 1 aliphatic rings. The minimum Gasteiger partial charge on any atom is -0.479 e. The van der Waals surface area contributed by atoms with Crippen LogP contribution in [0.25, 0.3) is 0 Å². The Morgan fingerprint density at radius 1 is 1.06 bits per heavy atom. The number of carboxylic acid groups (broad SMARTS) is 1. The number of benzene rings is 2. The molecule has 1 atom stereocenters. The molecule has 3 rings (SSSR count). The van der Waals surface area contributed by atoms with Crippen LogP contribution in [-0.4, -0.2) is 77.8 Å². The number of para-hydroxylation sites is 1. The zero-order valence-corrected chi connectivity index (χ0v) is 17.3. The highest BCUT2D eigenvalue weighted by Crippen LogP contribution is 2.25. The Balaban J connectivity index is 1.79. The number of hydrogen-bond donors (Lipinski definition) is 2. The molecule has 11 heteroatoms. The van der Waals surface area contributed by atoms with Gasteiger partial charge in [-0.15, -0.1) is 0 Å². The summed E-state index contributed by atoms with van der Waals surface area (Å²) in [5.41, 5.74) is -2.88. The number of sulfone groups is 1. The second-order valence-electron chi connectivity index (χ2n) is 7.10. The summed E-state index contributed by atoms with van der Waals surface area (Å²) in [6, 6.07) is 13.2. The fraction of sp³-hybridized carbons (Fsp3) is 0.250. The maximum Gasteiger partial charge on any atom is 0.338 e. The van der Waals surface area contributed by atoms with E-state index in [1.54, 1.807) is 24.3 Å². The first-order valence-corrected chi connectivity index (χ1v) is 10.7. The number of rotatable bonds is 8. The van der Waals surface area contributed by atoms with Crippen LogP contribution >= 0.6 is 0 Å².